The van der Waals surface area contributed by atoms with E-state index in [4.69, 9.17) is 0 Å². The predicted molar refractivity (Wildman–Crippen MR) is 45.6 cm³/mol. The Bertz CT molecular complexity index is 235. The van der Waals surface area contributed by atoms with E-state index >= 15 is 0 Å². The molecule has 1 rings (SSSR count). The lowest BCUT2D eigenvalue weighted by Crippen LogP contribution is -3.00. The summed E-state index contributed by atoms with van der Waals surface area (Å²) in [5.41, 5.74) is 3.77. The maximum Gasteiger partial charge on any atom is 0.229 e. The number of ketones is 1. The fourth-order valence-corrected chi connectivity index (χ4v) is 1.55. The highest BCUT2D eigenvalue weighted by atomic mass is 35.5. The van der Waals surface area contributed by atoms with Gasteiger partial charge in [0.15, 0.2) is 0 Å². The van der Waals surface area contributed by atoms with Crippen molar-refractivity contribution >= 4 is 17.1 Å². The van der Waals surface area contributed by atoms with Crippen molar-refractivity contribution in [1.82, 2.24) is 0 Å². The van der Waals surface area contributed by atoms with Gasteiger partial charge in [-0.25, -0.2) is 0 Å². The minimum absolute atomic E-state index is 0. The van der Waals surface area contributed by atoms with Crippen molar-refractivity contribution in [3.63, 3.8) is 0 Å². The van der Waals surface area contributed by atoms with Crippen molar-refractivity contribution in [2.45, 2.75) is 19.4 Å². The van der Waals surface area contributed by atoms with Crippen molar-refractivity contribution in [3.05, 3.63) is 22.4 Å². The summed E-state index contributed by atoms with van der Waals surface area (Å²) in [7, 11) is 0. The molecule has 0 aliphatic carbocycles. The molecule has 1 aromatic heterocycles. The van der Waals surface area contributed by atoms with Crippen molar-refractivity contribution in [3.8, 4) is 0 Å². The predicted octanol–water partition coefficient (Wildman–Crippen LogP) is -2.04. The molecule has 1 atom stereocenters. The van der Waals surface area contributed by atoms with Crippen LogP contribution in [-0.2, 0) is 0 Å². The Balaban J connectivity index is 0.00000121. The van der Waals surface area contributed by atoms with Crippen molar-refractivity contribution in [2.75, 3.05) is 0 Å². The molecular formula is C8H12ClNOS. The molecule has 0 radical (unpaired) electrons. The third-order valence-corrected chi connectivity index (χ3v) is 2.51. The van der Waals surface area contributed by atoms with Crippen LogP contribution in [0.2, 0.25) is 0 Å². The number of hydrogen-bond acceptors (Lipinski definition) is 2. The topological polar surface area (TPSA) is 44.7 Å². The van der Waals surface area contributed by atoms with Crippen LogP contribution < -0.4 is 18.1 Å². The number of carbonyl (C=O) groups is 1. The second kappa shape index (κ2) is 5.30. The van der Waals surface area contributed by atoms with Crippen molar-refractivity contribution in [1.29, 1.82) is 0 Å². The Kier molecular flexibility index (Phi) is 5.13. The molecule has 0 aliphatic rings. The molecule has 0 saturated heterocycles. The second-order valence-corrected chi connectivity index (χ2v) is 3.39. The number of hydrogen-bond donors (Lipinski definition) is 1. The van der Waals surface area contributed by atoms with Crippen LogP contribution in [0, 0.1) is 0 Å². The minimum atomic E-state index is -0.0753. The first-order valence-electron chi connectivity index (χ1n) is 3.66. The smallest absolute Gasteiger partial charge is 0.229 e. The molecule has 0 bridgehead atoms. The summed E-state index contributed by atoms with van der Waals surface area (Å²) in [6.07, 6.45) is 0.816. The van der Waals surface area contributed by atoms with Crippen molar-refractivity contribution < 1.29 is 22.9 Å². The molecule has 12 heavy (non-hydrogen) atoms. The summed E-state index contributed by atoms with van der Waals surface area (Å²) >= 11 is 1.49. The minimum Gasteiger partial charge on any atom is -1.00 e. The first kappa shape index (κ1) is 11.6. The third kappa shape index (κ3) is 2.59. The molecule has 0 saturated carbocycles. The molecule has 1 aromatic rings. The highest BCUT2D eigenvalue weighted by Gasteiger charge is 2.17. The summed E-state index contributed by atoms with van der Waals surface area (Å²) in [6, 6.07) is 3.66. The summed E-state index contributed by atoms with van der Waals surface area (Å²) in [5, 5.41) is 1.91. The van der Waals surface area contributed by atoms with E-state index < -0.39 is 0 Å². The lowest BCUT2D eigenvalue weighted by molar-refractivity contribution is -0.399. The van der Waals surface area contributed by atoms with E-state index in [1.165, 1.54) is 11.3 Å². The first-order chi connectivity index (χ1) is 5.25. The van der Waals surface area contributed by atoms with Crippen LogP contribution in [0.1, 0.15) is 23.0 Å². The van der Waals surface area contributed by atoms with Gasteiger partial charge in [0.2, 0.25) is 5.78 Å². The molecule has 1 heterocycles. The average Bonchev–Trinajstić information content (AvgIpc) is 2.53. The maximum absolute atomic E-state index is 11.4. The SMILES string of the molecule is CCC([NH3+])C(=O)c1cccs1.[Cl-]. The molecule has 0 aromatic carbocycles. The summed E-state index contributed by atoms with van der Waals surface area (Å²) < 4.78 is 0. The third-order valence-electron chi connectivity index (χ3n) is 1.63. The van der Waals surface area contributed by atoms with Gasteiger partial charge in [-0.05, 0) is 11.4 Å². The van der Waals surface area contributed by atoms with Gasteiger partial charge in [0.1, 0.15) is 6.04 Å². The van der Waals surface area contributed by atoms with Gasteiger partial charge in [-0.1, -0.05) is 13.0 Å². The zero-order chi connectivity index (χ0) is 8.27. The van der Waals surface area contributed by atoms with E-state index in [-0.39, 0.29) is 24.2 Å². The van der Waals surface area contributed by atoms with Crippen LogP contribution in [0.15, 0.2) is 17.5 Å². The molecule has 0 fully saturated rings. The van der Waals surface area contributed by atoms with Crippen LogP contribution in [0.4, 0.5) is 0 Å². The van der Waals surface area contributed by atoms with Crippen LogP contribution >= 0.6 is 11.3 Å². The van der Waals surface area contributed by atoms with Crippen molar-refractivity contribution in [2.24, 2.45) is 0 Å². The summed E-state index contributed by atoms with van der Waals surface area (Å²) in [6.45, 7) is 1.98. The van der Waals surface area contributed by atoms with Gasteiger partial charge in [-0.2, -0.15) is 0 Å². The number of Topliss-reactive ketones (excluding diaryl/α,β-unsaturated/α-hetero) is 1. The zero-order valence-corrected chi connectivity index (χ0v) is 8.49. The Labute approximate surface area is 82.2 Å². The molecule has 2 nitrogen and oxygen atoms in total. The number of rotatable bonds is 3. The fourth-order valence-electron chi connectivity index (χ4n) is 0.805. The summed E-state index contributed by atoms with van der Waals surface area (Å²) in [5.74, 6) is 0.169. The van der Waals surface area contributed by atoms with Gasteiger partial charge in [-0.15, -0.1) is 11.3 Å². The normalized spacial score (nSPS) is 11.8. The Morgan fingerprint density at radius 3 is 2.83 bits per heavy atom. The lowest BCUT2D eigenvalue weighted by atomic mass is 10.1. The molecule has 68 valence electrons. The highest BCUT2D eigenvalue weighted by molar-refractivity contribution is 7.12. The van der Waals surface area contributed by atoms with Gasteiger partial charge < -0.3 is 18.1 Å². The fraction of sp³-hybridized carbons (Fsp3) is 0.375. The standard InChI is InChI=1S/C8H11NOS.ClH/c1-2-6(9)8(10)7-4-3-5-11-7;/h3-6H,2,9H2,1H3;1H. The van der Waals surface area contributed by atoms with Crippen LogP contribution in [-0.4, -0.2) is 11.8 Å². The van der Waals surface area contributed by atoms with E-state index in [2.05, 4.69) is 5.73 Å². The molecular weight excluding hydrogens is 194 g/mol. The Morgan fingerprint density at radius 1 is 1.75 bits per heavy atom. The highest BCUT2D eigenvalue weighted by Crippen LogP contribution is 2.10. The molecule has 4 heteroatoms. The molecule has 0 amide bonds. The second-order valence-electron chi connectivity index (χ2n) is 2.45. The van der Waals surface area contributed by atoms with Crippen LogP contribution in [0.25, 0.3) is 0 Å². The molecule has 0 aliphatic heterocycles. The number of quaternary nitrogens is 1. The summed E-state index contributed by atoms with van der Waals surface area (Å²) in [4.78, 5) is 12.2. The average molecular weight is 206 g/mol. The largest absolute Gasteiger partial charge is 1.00 e. The van der Waals surface area contributed by atoms with Crippen LogP contribution in [0.5, 0.6) is 0 Å². The van der Waals surface area contributed by atoms with E-state index in [0.717, 1.165) is 11.3 Å². The monoisotopic (exact) mass is 205 g/mol. The number of thiophene rings is 1. The van der Waals surface area contributed by atoms with E-state index in [9.17, 15) is 4.79 Å². The quantitative estimate of drug-likeness (QED) is 0.568. The lowest BCUT2D eigenvalue weighted by Gasteiger charge is -2.00. The Morgan fingerprint density at radius 2 is 2.42 bits per heavy atom. The molecule has 1 unspecified atom stereocenters. The zero-order valence-electron chi connectivity index (χ0n) is 6.92. The first-order valence-corrected chi connectivity index (χ1v) is 4.54. The van der Waals surface area contributed by atoms with Gasteiger partial charge >= 0.3 is 0 Å². The van der Waals surface area contributed by atoms with E-state index in [0.29, 0.717) is 0 Å². The maximum atomic E-state index is 11.4. The van der Waals surface area contributed by atoms with E-state index in [1.54, 1.807) is 0 Å². The molecule has 3 N–H and O–H groups in total. The van der Waals surface area contributed by atoms with Gasteiger partial charge in [0.25, 0.3) is 0 Å². The van der Waals surface area contributed by atoms with E-state index in [1.807, 2.05) is 24.4 Å². The van der Waals surface area contributed by atoms with Gasteiger partial charge in [0.05, 0.1) is 4.88 Å². The van der Waals surface area contributed by atoms with Crippen LogP contribution in [0.3, 0.4) is 0 Å². The van der Waals surface area contributed by atoms with Gasteiger partial charge in [0, 0.05) is 6.42 Å². The number of halogens is 1. The number of carbonyl (C=O) groups excluding carboxylic acids is 1. The van der Waals surface area contributed by atoms with Gasteiger partial charge in [-0.3, -0.25) is 4.79 Å². The molecule has 0 spiro atoms. The Hall–Kier alpha value is -0.380.